The van der Waals surface area contributed by atoms with Crippen LogP contribution in [0.1, 0.15) is 12.8 Å². The predicted octanol–water partition coefficient (Wildman–Crippen LogP) is -4.77. The molecule has 0 bridgehead atoms. The summed E-state index contributed by atoms with van der Waals surface area (Å²) in [7, 11) is 0. The van der Waals surface area contributed by atoms with Crippen LogP contribution in [0.4, 0.5) is 0 Å². The van der Waals surface area contributed by atoms with Crippen molar-refractivity contribution in [2.75, 3.05) is 26.2 Å². The second-order valence-corrected chi connectivity index (χ2v) is 6.01. The van der Waals surface area contributed by atoms with Gasteiger partial charge in [-0.25, -0.2) is 0 Å². The largest absolute Gasteiger partial charge is 0.388 e. The van der Waals surface area contributed by atoms with Gasteiger partial charge in [0.25, 0.3) is 0 Å². The van der Waals surface area contributed by atoms with Gasteiger partial charge in [0, 0.05) is 19.6 Å². The molecule has 0 aromatic carbocycles. The highest BCUT2D eigenvalue weighted by atomic mass is 16.7. The van der Waals surface area contributed by atoms with Crippen LogP contribution in [0.3, 0.4) is 0 Å². The molecule has 0 aromatic rings. The number of amides is 1. The highest BCUT2D eigenvalue weighted by Gasteiger charge is 2.45. The quantitative estimate of drug-likeness (QED) is 0.103. The van der Waals surface area contributed by atoms with Crippen LogP contribution in [0.5, 0.6) is 0 Å². The number of nitrogens with zero attached hydrogens (tertiary/aromatic N) is 1. The first-order chi connectivity index (χ1) is 12.3. The Labute approximate surface area is 152 Å². The topological polar surface area (TPSA) is 230 Å². The molecule has 0 aliphatic carbocycles. The van der Waals surface area contributed by atoms with Crippen LogP contribution in [0.25, 0.3) is 0 Å². The Morgan fingerprint density at radius 3 is 2.54 bits per heavy atom. The molecule has 12 heteroatoms. The minimum Gasteiger partial charge on any atom is -0.388 e. The van der Waals surface area contributed by atoms with E-state index in [0.717, 1.165) is 0 Å². The summed E-state index contributed by atoms with van der Waals surface area (Å²) in [5.41, 5.74) is 27.2. The minimum atomic E-state index is -1.34. The molecule has 12 nitrogen and oxygen atoms in total. The molecule has 6 atom stereocenters. The van der Waals surface area contributed by atoms with Crippen molar-refractivity contribution in [3.8, 4) is 0 Å². The number of nitrogens with two attached hydrogens (primary N) is 5. The van der Waals surface area contributed by atoms with Gasteiger partial charge in [-0.15, -0.1) is 0 Å². The Bertz CT molecular complexity index is 463. The first kappa shape index (κ1) is 22.5. The van der Waals surface area contributed by atoms with Crippen molar-refractivity contribution in [1.29, 1.82) is 0 Å². The van der Waals surface area contributed by atoms with E-state index in [4.69, 9.17) is 38.1 Å². The van der Waals surface area contributed by atoms with E-state index in [9.17, 15) is 15.0 Å². The van der Waals surface area contributed by atoms with Crippen molar-refractivity contribution in [3.05, 3.63) is 0 Å². The Morgan fingerprint density at radius 1 is 1.27 bits per heavy atom. The van der Waals surface area contributed by atoms with Crippen LogP contribution in [0, 0.1) is 0 Å². The fourth-order valence-electron chi connectivity index (χ4n) is 2.53. The number of hydrogen-bond donors (Lipinski definition) is 8. The number of guanidine groups is 1. The predicted molar refractivity (Wildman–Crippen MR) is 94.6 cm³/mol. The van der Waals surface area contributed by atoms with Crippen LogP contribution < -0.4 is 34.0 Å². The SMILES string of the molecule is NCCO[C@H]1O[C@H](CN)[C@@H](O)[C@H](O)[C@H]1NC(=O)[C@@H](N)CCCN=C(N)N. The van der Waals surface area contributed by atoms with Crippen molar-refractivity contribution in [2.45, 2.75) is 49.5 Å². The molecule has 0 radical (unpaired) electrons. The summed E-state index contributed by atoms with van der Waals surface area (Å²) in [6.45, 7) is 0.682. The van der Waals surface area contributed by atoms with Crippen LogP contribution >= 0.6 is 0 Å². The number of rotatable bonds is 10. The molecule has 0 saturated carbocycles. The third-order valence-electron chi connectivity index (χ3n) is 3.95. The lowest BCUT2D eigenvalue weighted by Crippen LogP contribution is -2.66. The molecule has 13 N–H and O–H groups in total. The first-order valence-electron chi connectivity index (χ1n) is 8.46. The number of carbonyl (C=O) groups is 1. The standard InChI is InChI=1S/C14H31N7O5/c15-3-5-25-13-9(11(23)10(22)8(6-16)26-13)21-12(24)7(17)2-1-4-20-14(18)19/h7-11,13,22-23H,1-6,15-17H2,(H,21,24)(H4,18,19,20)/t7-,8+,9+,10+,11+,13-/m0/s1. The second kappa shape index (κ2) is 11.2. The number of aliphatic imine (C=N–C) groups is 1. The van der Waals surface area contributed by atoms with E-state index in [1.807, 2.05) is 0 Å². The molecule has 1 heterocycles. The lowest BCUT2D eigenvalue weighted by Gasteiger charge is -2.42. The molecule has 1 amide bonds. The summed E-state index contributed by atoms with van der Waals surface area (Å²) < 4.78 is 11.0. The summed E-state index contributed by atoms with van der Waals surface area (Å²) in [6, 6.07) is -1.87. The van der Waals surface area contributed by atoms with Crippen molar-refractivity contribution < 1.29 is 24.5 Å². The first-order valence-corrected chi connectivity index (χ1v) is 8.46. The lowest BCUT2D eigenvalue weighted by atomic mass is 9.96. The number of ether oxygens (including phenoxy) is 2. The van der Waals surface area contributed by atoms with Crippen LogP contribution in [0.2, 0.25) is 0 Å². The molecule has 1 saturated heterocycles. The highest BCUT2D eigenvalue weighted by molar-refractivity contribution is 5.81. The maximum atomic E-state index is 12.3. The molecule has 26 heavy (non-hydrogen) atoms. The maximum Gasteiger partial charge on any atom is 0.237 e. The number of aliphatic hydroxyl groups excluding tert-OH is 2. The van der Waals surface area contributed by atoms with E-state index in [2.05, 4.69) is 10.3 Å². The van der Waals surface area contributed by atoms with Gasteiger partial charge in [0.2, 0.25) is 5.91 Å². The fraction of sp³-hybridized carbons (Fsp3) is 0.857. The third kappa shape index (κ3) is 6.64. The summed E-state index contributed by atoms with van der Waals surface area (Å²) in [5, 5.41) is 22.9. The van der Waals surface area contributed by atoms with Gasteiger partial charge in [0.05, 0.1) is 12.6 Å². The van der Waals surface area contributed by atoms with Gasteiger partial charge in [-0.05, 0) is 12.8 Å². The zero-order valence-electron chi connectivity index (χ0n) is 14.7. The molecule has 1 aliphatic rings. The monoisotopic (exact) mass is 377 g/mol. The van der Waals surface area contributed by atoms with Crippen LogP contribution in [-0.4, -0.2) is 85.0 Å². The van der Waals surface area contributed by atoms with E-state index in [1.54, 1.807) is 0 Å². The van der Waals surface area contributed by atoms with Gasteiger partial charge in [-0.2, -0.15) is 0 Å². The average molecular weight is 377 g/mol. The molecule has 0 spiro atoms. The van der Waals surface area contributed by atoms with Crippen molar-refractivity contribution >= 4 is 11.9 Å². The van der Waals surface area contributed by atoms with Gasteiger partial charge >= 0.3 is 0 Å². The molecular formula is C14H31N7O5. The molecule has 1 rings (SSSR count). The van der Waals surface area contributed by atoms with Crippen molar-refractivity contribution in [3.63, 3.8) is 0 Å². The van der Waals surface area contributed by atoms with Gasteiger partial charge in [-0.3, -0.25) is 9.79 Å². The lowest BCUT2D eigenvalue weighted by molar-refractivity contribution is -0.261. The minimum absolute atomic E-state index is 0.0221. The Hall–Kier alpha value is -1.54. The average Bonchev–Trinajstić information content (AvgIpc) is 2.61. The zero-order chi connectivity index (χ0) is 19.7. The highest BCUT2D eigenvalue weighted by Crippen LogP contribution is 2.22. The second-order valence-electron chi connectivity index (χ2n) is 6.01. The number of hydrogen-bond acceptors (Lipinski definition) is 9. The third-order valence-corrected chi connectivity index (χ3v) is 3.95. The summed E-state index contributed by atoms with van der Waals surface area (Å²) in [6.07, 6.45) is -3.62. The Balaban J connectivity index is 2.66. The molecule has 152 valence electrons. The van der Waals surface area contributed by atoms with E-state index >= 15 is 0 Å². The van der Waals surface area contributed by atoms with E-state index in [1.165, 1.54) is 0 Å². The van der Waals surface area contributed by atoms with Crippen molar-refractivity contribution in [2.24, 2.45) is 33.7 Å². The van der Waals surface area contributed by atoms with E-state index in [-0.39, 0.29) is 25.7 Å². The van der Waals surface area contributed by atoms with Gasteiger partial charge < -0.3 is 53.7 Å². The maximum absolute atomic E-state index is 12.3. The number of nitrogens with one attached hydrogen (secondary N) is 1. The molecule has 0 unspecified atom stereocenters. The normalized spacial score (nSPS) is 29.8. The Morgan fingerprint density at radius 2 is 1.96 bits per heavy atom. The van der Waals surface area contributed by atoms with Crippen LogP contribution in [-0.2, 0) is 14.3 Å². The molecular weight excluding hydrogens is 346 g/mol. The molecule has 1 aliphatic heterocycles. The number of aliphatic hydroxyl groups is 2. The number of carbonyl (C=O) groups excluding carboxylic acids is 1. The van der Waals surface area contributed by atoms with Gasteiger partial charge in [-0.1, -0.05) is 0 Å². The van der Waals surface area contributed by atoms with Crippen molar-refractivity contribution in [1.82, 2.24) is 5.32 Å². The molecule has 1 fully saturated rings. The van der Waals surface area contributed by atoms with Gasteiger partial charge in [0.15, 0.2) is 12.2 Å². The zero-order valence-corrected chi connectivity index (χ0v) is 14.7. The van der Waals surface area contributed by atoms with E-state index in [0.29, 0.717) is 19.4 Å². The van der Waals surface area contributed by atoms with E-state index < -0.39 is 42.6 Å². The summed E-state index contributed by atoms with van der Waals surface area (Å²) in [5.74, 6) is -0.559. The summed E-state index contributed by atoms with van der Waals surface area (Å²) >= 11 is 0. The van der Waals surface area contributed by atoms with Gasteiger partial charge in [0.1, 0.15) is 24.4 Å². The summed E-state index contributed by atoms with van der Waals surface area (Å²) in [4.78, 5) is 16.1. The smallest absolute Gasteiger partial charge is 0.237 e. The fourth-order valence-corrected chi connectivity index (χ4v) is 2.53. The van der Waals surface area contributed by atoms with Crippen LogP contribution in [0.15, 0.2) is 4.99 Å². The molecule has 0 aromatic heterocycles. The Kier molecular flexibility index (Phi) is 9.72.